The number of rotatable bonds is 4. The standard InChI is InChI=1S/C15H11Cl2FN4O2S/c1-9-11(16)6-12(17)15(20-9)21-25(23,24)10-7-19-22(8-10)14-5-3-2-4-13(14)18/h2-8H,1H3,(H,20,21). The van der Waals surface area contributed by atoms with E-state index >= 15 is 0 Å². The number of nitrogens with one attached hydrogen (secondary N) is 1. The van der Waals surface area contributed by atoms with Crippen LogP contribution < -0.4 is 4.72 Å². The van der Waals surface area contributed by atoms with Crippen molar-refractivity contribution in [3.63, 3.8) is 0 Å². The quantitative estimate of drug-likeness (QED) is 0.721. The Kier molecular flexibility index (Phi) is 4.68. The first-order valence-electron chi connectivity index (χ1n) is 6.93. The van der Waals surface area contributed by atoms with Crippen molar-refractivity contribution in [3.05, 3.63) is 64.3 Å². The second-order valence-corrected chi connectivity index (χ2v) is 7.56. The van der Waals surface area contributed by atoms with Crippen molar-refractivity contribution >= 4 is 39.0 Å². The maximum absolute atomic E-state index is 13.8. The summed E-state index contributed by atoms with van der Waals surface area (Å²) in [6.07, 6.45) is 2.29. The van der Waals surface area contributed by atoms with E-state index in [2.05, 4.69) is 14.8 Å². The minimum absolute atomic E-state index is 0.0535. The zero-order valence-electron chi connectivity index (χ0n) is 12.7. The fourth-order valence-electron chi connectivity index (χ4n) is 2.03. The van der Waals surface area contributed by atoms with Crippen molar-refractivity contribution in [1.29, 1.82) is 0 Å². The molecule has 2 aromatic heterocycles. The van der Waals surface area contributed by atoms with Gasteiger partial charge < -0.3 is 0 Å². The van der Waals surface area contributed by atoms with Crippen molar-refractivity contribution in [2.75, 3.05) is 4.72 Å². The minimum Gasteiger partial charge on any atom is -0.262 e. The Morgan fingerprint density at radius 3 is 2.64 bits per heavy atom. The third-order valence-corrected chi connectivity index (χ3v) is 5.27. The largest absolute Gasteiger partial charge is 0.266 e. The number of nitrogens with zero attached hydrogens (tertiary/aromatic N) is 3. The summed E-state index contributed by atoms with van der Waals surface area (Å²) in [7, 11) is -4.01. The predicted octanol–water partition coefficient (Wildman–Crippen LogP) is 3.82. The fraction of sp³-hybridized carbons (Fsp3) is 0.0667. The number of sulfonamides is 1. The van der Waals surface area contributed by atoms with Crippen LogP contribution in [0.2, 0.25) is 10.0 Å². The molecule has 0 saturated heterocycles. The highest BCUT2D eigenvalue weighted by Crippen LogP contribution is 2.27. The monoisotopic (exact) mass is 400 g/mol. The van der Waals surface area contributed by atoms with Crippen LogP contribution in [-0.2, 0) is 10.0 Å². The molecule has 0 bridgehead atoms. The molecule has 10 heteroatoms. The predicted molar refractivity (Wildman–Crippen MR) is 93.3 cm³/mol. The average Bonchev–Trinajstić information content (AvgIpc) is 3.03. The lowest BCUT2D eigenvalue weighted by atomic mass is 10.3. The van der Waals surface area contributed by atoms with Crippen LogP contribution in [0, 0.1) is 12.7 Å². The molecule has 1 aromatic carbocycles. The molecule has 0 unspecified atom stereocenters. The number of benzene rings is 1. The van der Waals surface area contributed by atoms with Crippen LogP contribution in [-0.4, -0.2) is 23.2 Å². The van der Waals surface area contributed by atoms with E-state index in [-0.39, 0.29) is 21.4 Å². The van der Waals surface area contributed by atoms with Gasteiger partial charge in [0.1, 0.15) is 16.4 Å². The topological polar surface area (TPSA) is 76.9 Å². The van der Waals surface area contributed by atoms with Gasteiger partial charge in [0, 0.05) is 0 Å². The van der Waals surface area contributed by atoms with Gasteiger partial charge in [0.15, 0.2) is 5.82 Å². The molecule has 130 valence electrons. The number of halogens is 3. The number of anilines is 1. The molecule has 6 nitrogen and oxygen atoms in total. The molecule has 0 amide bonds. The molecule has 1 N–H and O–H groups in total. The third kappa shape index (κ3) is 3.60. The summed E-state index contributed by atoms with van der Waals surface area (Å²) in [6.45, 7) is 1.62. The SMILES string of the molecule is Cc1nc(NS(=O)(=O)c2cnn(-c3ccccc3F)c2)c(Cl)cc1Cl. The summed E-state index contributed by atoms with van der Waals surface area (Å²) in [5, 5.41) is 4.27. The lowest BCUT2D eigenvalue weighted by Gasteiger charge is -2.09. The molecule has 0 aliphatic rings. The van der Waals surface area contributed by atoms with Gasteiger partial charge in [-0.3, -0.25) is 4.72 Å². The van der Waals surface area contributed by atoms with E-state index in [1.54, 1.807) is 13.0 Å². The average molecular weight is 401 g/mol. The highest BCUT2D eigenvalue weighted by atomic mass is 35.5. The van der Waals surface area contributed by atoms with E-state index in [4.69, 9.17) is 23.2 Å². The van der Waals surface area contributed by atoms with Crippen LogP contribution in [0.4, 0.5) is 10.2 Å². The van der Waals surface area contributed by atoms with E-state index < -0.39 is 15.8 Å². The number of aryl methyl sites for hydroxylation is 1. The Morgan fingerprint density at radius 1 is 1.20 bits per heavy atom. The lowest BCUT2D eigenvalue weighted by Crippen LogP contribution is -2.14. The van der Waals surface area contributed by atoms with Gasteiger partial charge in [-0.15, -0.1) is 0 Å². The van der Waals surface area contributed by atoms with Gasteiger partial charge in [0.2, 0.25) is 0 Å². The number of para-hydroxylation sites is 1. The maximum Gasteiger partial charge on any atom is 0.266 e. The summed E-state index contributed by atoms with van der Waals surface area (Å²) in [5.41, 5.74) is 0.549. The summed E-state index contributed by atoms with van der Waals surface area (Å²) < 4.78 is 42.2. The first kappa shape index (κ1) is 17.7. The molecule has 0 aliphatic carbocycles. The summed E-state index contributed by atoms with van der Waals surface area (Å²) >= 11 is 11.9. The molecule has 3 aromatic rings. The zero-order chi connectivity index (χ0) is 18.2. The summed E-state index contributed by atoms with van der Waals surface area (Å²) in [4.78, 5) is 3.86. The van der Waals surface area contributed by atoms with E-state index in [1.807, 2.05) is 0 Å². The first-order valence-corrected chi connectivity index (χ1v) is 9.17. The Morgan fingerprint density at radius 2 is 1.92 bits per heavy atom. The number of hydrogen-bond donors (Lipinski definition) is 1. The van der Waals surface area contributed by atoms with Gasteiger partial charge in [-0.1, -0.05) is 35.3 Å². The van der Waals surface area contributed by atoms with Gasteiger partial charge in [0.25, 0.3) is 10.0 Å². The molecule has 3 rings (SSSR count). The molecule has 0 fully saturated rings. The van der Waals surface area contributed by atoms with Crippen molar-refractivity contribution in [1.82, 2.24) is 14.8 Å². The Bertz CT molecular complexity index is 1050. The van der Waals surface area contributed by atoms with Crippen molar-refractivity contribution < 1.29 is 12.8 Å². The Hall–Kier alpha value is -2.16. The van der Waals surface area contributed by atoms with Gasteiger partial charge >= 0.3 is 0 Å². The summed E-state index contributed by atoms with van der Waals surface area (Å²) in [5.74, 6) is -0.581. The minimum atomic E-state index is -4.01. The normalized spacial score (nSPS) is 11.5. The van der Waals surface area contributed by atoms with Crippen molar-refractivity contribution in [3.8, 4) is 5.69 Å². The van der Waals surface area contributed by atoms with Gasteiger partial charge in [0.05, 0.1) is 28.1 Å². The number of aromatic nitrogens is 3. The molecular weight excluding hydrogens is 390 g/mol. The zero-order valence-corrected chi connectivity index (χ0v) is 15.1. The number of pyridine rings is 1. The second kappa shape index (κ2) is 6.62. The molecule has 0 saturated carbocycles. The molecule has 2 heterocycles. The molecule has 0 radical (unpaired) electrons. The Balaban J connectivity index is 1.94. The maximum atomic E-state index is 13.8. The molecule has 0 aliphatic heterocycles. The smallest absolute Gasteiger partial charge is 0.262 e. The van der Waals surface area contributed by atoms with E-state index in [9.17, 15) is 12.8 Å². The number of hydrogen-bond acceptors (Lipinski definition) is 4. The van der Waals surface area contributed by atoms with Crippen LogP contribution in [0.25, 0.3) is 5.69 Å². The fourth-order valence-corrected chi connectivity index (χ4v) is 3.45. The van der Waals surface area contributed by atoms with Gasteiger partial charge in [-0.05, 0) is 25.1 Å². The van der Waals surface area contributed by atoms with Crippen molar-refractivity contribution in [2.45, 2.75) is 11.8 Å². The van der Waals surface area contributed by atoms with Crippen LogP contribution in [0.3, 0.4) is 0 Å². The van der Waals surface area contributed by atoms with Gasteiger partial charge in [-0.25, -0.2) is 22.5 Å². The molecule has 25 heavy (non-hydrogen) atoms. The van der Waals surface area contributed by atoms with Crippen LogP contribution >= 0.6 is 23.2 Å². The third-order valence-electron chi connectivity index (χ3n) is 3.30. The summed E-state index contributed by atoms with van der Waals surface area (Å²) in [6, 6.07) is 7.27. The van der Waals surface area contributed by atoms with E-state index in [0.717, 1.165) is 10.9 Å². The second-order valence-electron chi connectivity index (χ2n) is 5.06. The lowest BCUT2D eigenvalue weighted by molar-refractivity contribution is 0.600. The Labute approximate surface area is 153 Å². The molecular formula is C15H11Cl2FN4O2S. The van der Waals surface area contributed by atoms with Crippen molar-refractivity contribution in [2.24, 2.45) is 0 Å². The van der Waals surface area contributed by atoms with E-state index in [0.29, 0.717) is 10.7 Å². The van der Waals surface area contributed by atoms with Crippen LogP contribution in [0.5, 0.6) is 0 Å². The van der Waals surface area contributed by atoms with Gasteiger partial charge in [-0.2, -0.15) is 5.10 Å². The van der Waals surface area contributed by atoms with Crippen LogP contribution in [0.1, 0.15) is 5.69 Å². The highest BCUT2D eigenvalue weighted by Gasteiger charge is 2.20. The molecule has 0 atom stereocenters. The molecule has 0 spiro atoms. The highest BCUT2D eigenvalue weighted by molar-refractivity contribution is 7.92. The first-order chi connectivity index (χ1) is 11.8. The van der Waals surface area contributed by atoms with Crippen LogP contribution in [0.15, 0.2) is 47.6 Å². The van der Waals surface area contributed by atoms with E-state index in [1.165, 1.54) is 30.5 Å².